The van der Waals surface area contributed by atoms with Crippen molar-refractivity contribution in [2.45, 2.75) is 39.5 Å². The third kappa shape index (κ3) is 6.62. The number of hydrogen-bond acceptors (Lipinski definition) is 8. The molecule has 10 heteroatoms. The van der Waals surface area contributed by atoms with E-state index in [0.717, 1.165) is 59.9 Å². The first kappa shape index (κ1) is 28.0. The normalized spacial score (nSPS) is 16.1. The molecule has 1 saturated carbocycles. The molecule has 1 aliphatic carbocycles. The van der Waals surface area contributed by atoms with Crippen LogP contribution < -0.4 is 14.4 Å². The van der Waals surface area contributed by atoms with Gasteiger partial charge in [0.15, 0.2) is 0 Å². The van der Waals surface area contributed by atoms with Crippen LogP contribution in [0.5, 0.6) is 11.5 Å². The quantitative estimate of drug-likeness (QED) is 0.345. The molecular weight excluding hydrogens is 528 g/mol. The van der Waals surface area contributed by atoms with Crippen LogP contribution >= 0.6 is 11.3 Å². The van der Waals surface area contributed by atoms with Gasteiger partial charge in [0, 0.05) is 24.2 Å². The number of ether oxygens (including phenoxy) is 2. The number of rotatable bonds is 11. The number of nitrogens with zero attached hydrogens (tertiary/aromatic N) is 4. The highest BCUT2D eigenvalue weighted by molar-refractivity contribution is 7.18. The maximum atomic E-state index is 13.5. The second-order valence-corrected chi connectivity index (χ2v) is 11.7. The molecule has 0 spiro atoms. The van der Waals surface area contributed by atoms with Gasteiger partial charge in [-0.2, -0.15) is 0 Å². The van der Waals surface area contributed by atoms with Crippen LogP contribution in [0.4, 0.5) is 5.13 Å². The predicted octanol–water partition coefficient (Wildman–Crippen LogP) is 5.06. The van der Waals surface area contributed by atoms with Crippen molar-refractivity contribution in [1.82, 2.24) is 15.1 Å². The molecule has 0 radical (unpaired) electrons. The lowest BCUT2D eigenvalue weighted by Crippen LogP contribution is -2.38. The Morgan fingerprint density at radius 1 is 1.07 bits per heavy atom. The number of anilines is 1. The van der Waals surface area contributed by atoms with E-state index in [2.05, 4.69) is 27.2 Å². The third-order valence-electron chi connectivity index (χ3n) is 7.64. The molecule has 1 aliphatic heterocycles. The van der Waals surface area contributed by atoms with Gasteiger partial charge < -0.3 is 14.6 Å². The lowest BCUT2D eigenvalue weighted by molar-refractivity contribution is -0.143. The minimum atomic E-state index is -0.691. The first-order valence-corrected chi connectivity index (χ1v) is 14.6. The summed E-state index contributed by atoms with van der Waals surface area (Å²) in [7, 11) is 1.59. The van der Waals surface area contributed by atoms with Gasteiger partial charge in [-0.15, -0.1) is 10.2 Å². The van der Waals surface area contributed by atoms with Crippen LogP contribution in [-0.2, 0) is 4.79 Å². The van der Waals surface area contributed by atoms with Gasteiger partial charge in [0.2, 0.25) is 5.13 Å². The first-order chi connectivity index (χ1) is 19.3. The summed E-state index contributed by atoms with van der Waals surface area (Å²) < 4.78 is 11.5. The van der Waals surface area contributed by atoms with E-state index in [1.165, 1.54) is 11.3 Å². The van der Waals surface area contributed by atoms with E-state index >= 15 is 0 Å². The molecule has 0 bridgehead atoms. The number of methoxy groups -OCH3 is 1. The fourth-order valence-corrected chi connectivity index (χ4v) is 5.98. The Hall–Kier alpha value is -3.50. The van der Waals surface area contributed by atoms with Gasteiger partial charge in [0.1, 0.15) is 23.1 Å². The Bertz CT molecular complexity index is 1340. The zero-order chi connectivity index (χ0) is 28.2. The number of amides is 1. The predicted molar refractivity (Wildman–Crippen MR) is 155 cm³/mol. The van der Waals surface area contributed by atoms with E-state index < -0.39 is 5.97 Å². The molecule has 40 heavy (non-hydrogen) atoms. The van der Waals surface area contributed by atoms with Crippen molar-refractivity contribution in [3.63, 3.8) is 0 Å². The standard InChI is InChI=1S/C30H36N4O5S/c1-19-15-24(16-20(2)26(19)39-14-13-33-11-9-22(10-12-33)29(36)37)27-31-32-30(40-27)34(18-21-7-8-21)28(35)23-5-4-6-25(17-23)38-3/h4-6,15-17,21-22H,7-14,18H2,1-3H3,(H,36,37). The number of carboxylic acid groups (broad SMARTS) is 1. The minimum Gasteiger partial charge on any atom is -0.497 e. The van der Waals surface area contributed by atoms with Crippen LogP contribution in [0.25, 0.3) is 10.6 Å². The Morgan fingerprint density at radius 2 is 1.80 bits per heavy atom. The molecule has 5 rings (SSSR count). The number of aliphatic carboxylic acids is 1. The van der Waals surface area contributed by atoms with Gasteiger partial charge in [-0.3, -0.25) is 19.4 Å². The zero-order valence-corrected chi connectivity index (χ0v) is 24.1. The summed E-state index contributed by atoms with van der Waals surface area (Å²) in [6, 6.07) is 11.3. The number of benzene rings is 2. The van der Waals surface area contributed by atoms with Crippen molar-refractivity contribution in [2.24, 2.45) is 11.8 Å². The summed E-state index contributed by atoms with van der Waals surface area (Å²) in [5, 5.41) is 19.4. The first-order valence-electron chi connectivity index (χ1n) is 13.8. The Morgan fingerprint density at radius 3 is 2.45 bits per heavy atom. The van der Waals surface area contributed by atoms with Gasteiger partial charge in [0.05, 0.1) is 13.0 Å². The lowest BCUT2D eigenvalue weighted by Gasteiger charge is -2.30. The highest BCUT2D eigenvalue weighted by atomic mass is 32.1. The van der Waals surface area contributed by atoms with Crippen molar-refractivity contribution < 1.29 is 24.2 Å². The molecule has 2 heterocycles. The minimum absolute atomic E-state index is 0.100. The monoisotopic (exact) mass is 564 g/mol. The molecule has 1 amide bonds. The number of likely N-dealkylation sites (tertiary alicyclic amines) is 1. The third-order valence-corrected chi connectivity index (χ3v) is 8.64. The molecular formula is C30H36N4O5S. The van der Waals surface area contributed by atoms with Gasteiger partial charge in [0.25, 0.3) is 5.91 Å². The Kier molecular flexibility index (Phi) is 8.66. The van der Waals surface area contributed by atoms with Crippen molar-refractivity contribution in [3.8, 4) is 22.1 Å². The van der Waals surface area contributed by atoms with Crippen LogP contribution in [0.2, 0.25) is 0 Å². The second-order valence-electron chi connectivity index (χ2n) is 10.7. The average molecular weight is 565 g/mol. The molecule has 2 aliphatic rings. The van der Waals surface area contributed by atoms with Gasteiger partial charge >= 0.3 is 5.97 Å². The van der Waals surface area contributed by atoms with Gasteiger partial charge in [-0.05, 0) is 100.0 Å². The number of carbonyl (C=O) groups is 2. The summed E-state index contributed by atoms with van der Waals surface area (Å²) in [4.78, 5) is 28.7. The van der Waals surface area contributed by atoms with Crippen LogP contribution in [0.15, 0.2) is 36.4 Å². The lowest BCUT2D eigenvalue weighted by atomic mass is 9.97. The zero-order valence-electron chi connectivity index (χ0n) is 23.3. The van der Waals surface area contributed by atoms with Crippen molar-refractivity contribution in [2.75, 3.05) is 44.8 Å². The molecule has 212 valence electrons. The fraction of sp³-hybridized carbons (Fsp3) is 0.467. The molecule has 1 N–H and O–H groups in total. The molecule has 2 fully saturated rings. The SMILES string of the molecule is COc1cccc(C(=O)N(CC2CC2)c2nnc(-c3cc(C)c(OCCN4CCC(C(=O)O)CC4)c(C)c3)s2)c1. The summed E-state index contributed by atoms with van der Waals surface area (Å²) in [6.45, 7) is 7.57. The number of aromatic nitrogens is 2. The molecule has 9 nitrogen and oxygen atoms in total. The Labute approximate surface area is 238 Å². The summed E-state index contributed by atoms with van der Waals surface area (Å²) >= 11 is 1.42. The number of piperidine rings is 1. The molecule has 0 atom stereocenters. The number of carboxylic acids is 1. The van der Waals surface area contributed by atoms with Crippen LogP contribution in [0, 0.1) is 25.7 Å². The molecule has 0 unspecified atom stereocenters. The summed E-state index contributed by atoms with van der Waals surface area (Å²) in [5.41, 5.74) is 3.54. The van der Waals surface area contributed by atoms with E-state index in [4.69, 9.17) is 9.47 Å². The largest absolute Gasteiger partial charge is 0.497 e. The fourth-order valence-electron chi connectivity index (χ4n) is 5.14. The van der Waals surface area contributed by atoms with E-state index in [9.17, 15) is 14.7 Å². The van der Waals surface area contributed by atoms with E-state index in [-0.39, 0.29) is 11.8 Å². The van der Waals surface area contributed by atoms with E-state index in [1.54, 1.807) is 24.1 Å². The number of hydrogen-bond donors (Lipinski definition) is 1. The van der Waals surface area contributed by atoms with E-state index in [1.807, 2.05) is 26.0 Å². The average Bonchev–Trinajstić information content (AvgIpc) is 3.65. The van der Waals surface area contributed by atoms with Gasteiger partial charge in [-0.1, -0.05) is 17.4 Å². The molecule has 2 aromatic carbocycles. The summed E-state index contributed by atoms with van der Waals surface area (Å²) in [6.07, 6.45) is 3.62. The smallest absolute Gasteiger partial charge is 0.306 e. The second kappa shape index (κ2) is 12.3. The topological polar surface area (TPSA) is 105 Å². The van der Waals surface area contributed by atoms with Crippen molar-refractivity contribution in [3.05, 3.63) is 53.1 Å². The number of carbonyl (C=O) groups excluding carboxylic acids is 1. The molecule has 1 saturated heterocycles. The highest BCUT2D eigenvalue weighted by Crippen LogP contribution is 2.37. The maximum Gasteiger partial charge on any atom is 0.306 e. The maximum absolute atomic E-state index is 13.5. The van der Waals surface area contributed by atoms with Gasteiger partial charge in [-0.25, -0.2) is 0 Å². The van der Waals surface area contributed by atoms with Crippen molar-refractivity contribution in [1.29, 1.82) is 0 Å². The van der Waals surface area contributed by atoms with Crippen LogP contribution in [0.3, 0.4) is 0 Å². The van der Waals surface area contributed by atoms with E-state index in [0.29, 0.717) is 48.4 Å². The number of aryl methyl sites for hydroxylation is 2. The summed E-state index contributed by atoms with van der Waals surface area (Å²) in [5.74, 6) is 0.978. The highest BCUT2D eigenvalue weighted by Gasteiger charge is 2.31. The Balaban J connectivity index is 1.26. The van der Waals surface area contributed by atoms with Crippen molar-refractivity contribution >= 4 is 28.3 Å². The van der Waals surface area contributed by atoms with Crippen LogP contribution in [-0.4, -0.2) is 72.0 Å². The molecule has 1 aromatic heterocycles. The van der Waals surface area contributed by atoms with Crippen LogP contribution in [0.1, 0.15) is 47.2 Å². The molecule has 3 aromatic rings.